The summed E-state index contributed by atoms with van der Waals surface area (Å²) in [7, 11) is 0. The van der Waals surface area contributed by atoms with Gasteiger partial charge in [0, 0.05) is 11.8 Å². The molecule has 4 N–H and O–H groups in total. The van der Waals surface area contributed by atoms with Gasteiger partial charge in [-0.15, -0.1) is 0 Å². The van der Waals surface area contributed by atoms with Crippen LogP contribution in [0.5, 0.6) is 11.5 Å². The molecule has 3 rings (SSSR count). The average Bonchev–Trinajstić information content (AvgIpc) is 2.86. The van der Waals surface area contributed by atoms with E-state index in [1.54, 1.807) is 36.4 Å². The van der Waals surface area contributed by atoms with E-state index in [-0.39, 0.29) is 19.0 Å². The smallest absolute Gasteiger partial charge is 0.400 e. The number of hydrogen-bond donors (Lipinski definition) is 2. The van der Waals surface area contributed by atoms with E-state index in [1.165, 1.54) is 18.2 Å². The summed E-state index contributed by atoms with van der Waals surface area (Å²) in [5.74, 6) is -0.185. The summed E-state index contributed by atoms with van der Waals surface area (Å²) in [6, 6.07) is 11.1. The molecular formula is C28H36F2N2O4. The Balaban J connectivity index is 1.40. The SMILES string of the molecule is CCCCC1CCC(C(F)(F)Oc2ccc(/C=C/C(=O)OCCOc3ccc(N)cc3N)cc2)CC1. The summed E-state index contributed by atoms with van der Waals surface area (Å²) in [6.45, 7) is 2.32. The van der Waals surface area contributed by atoms with E-state index in [0.717, 1.165) is 32.1 Å². The molecule has 0 unspecified atom stereocenters. The maximum absolute atomic E-state index is 14.7. The first-order valence-electron chi connectivity index (χ1n) is 12.6. The van der Waals surface area contributed by atoms with Crippen LogP contribution in [-0.4, -0.2) is 25.3 Å². The lowest BCUT2D eigenvalue weighted by atomic mass is 9.79. The van der Waals surface area contributed by atoms with E-state index in [4.69, 9.17) is 25.7 Å². The van der Waals surface area contributed by atoms with Crippen LogP contribution in [0.3, 0.4) is 0 Å². The van der Waals surface area contributed by atoms with E-state index >= 15 is 0 Å². The fraction of sp³-hybridized carbons (Fsp3) is 0.464. The van der Waals surface area contributed by atoms with Crippen molar-refractivity contribution >= 4 is 23.4 Å². The van der Waals surface area contributed by atoms with Gasteiger partial charge in [-0.25, -0.2) is 4.79 Å². The highest BCUT2D eigenvalue weighted by Gasteiger charge is 2.43. The number of unbranched alkanes of at least 4 members (excludes halogenated alkanes) is 1. The Morgan fingerprint density at radius 3 is 2.44 bits per heavy atom. The number of halogens is 2. The van der Waals surface area contributed by atoms with Gasteiger partial charge in [-0.3, -0.25) is 0 Å². The van der Waals surface area contributed by atoms with Gasteiger partial charge in [0.1, 0.15) is 24.7 Å². The molecule has 0 amide bonds. The van der Waals surface area contributed by atoms with E-state index in [9.17, 15) is 13.6 Å². The molecule has 1 aliphatic rings. The number of benzene rings is 2. The van der Waals surface area contributed by atoms with Crippen LogP contribution in [0.1, 0.15) is 57.4 Å². The average molecular weight is 503 g/mol. The quantitative estimate of drug-likeness (QED) is 0.150. The van der Waals surface area contributed by atoms with Crippen molar-refractivity contribution in [3.63, 3.8) is 0 Å². The third-order valence-electron chi connectivity index (χ3n) is 6.45. The summed E-state index contributed by atoms with van der Waals surface area (Å²) in [5.41, 5.74) is 13.0. The molecule has 0 bridgehead atoms. The Morgan fingerprint density at radius 2 is 1.78 bits per heavy atom. The second-order valence-electron chi connectivity index (χ2n) is 9.24. The zero-order valence-electron chi connectivity index (χ0n) is 20.8. The lowest BCUT2D eigenvalue weighted by molar-refractivity contribution is -0.223. The van der Waals surface area contributed by atoms with Crippen molar-refractivity contribution in [2.24, 2.45) is 11.8 Å². The molecule has 36 heavy (non-hydrogen) atoms. The van der Waals surface area contributed by atoms with Crippen molar-refractivity contribution in [3.05, 3.63) is 54.1 Å². The van der Waals surface area contributed by atoms with Gasteiger partial charge in [-0.05, 0) is 73.6 Å². The van der Waals surface area contributed by atoms with Crippen LogP contribution >= 0.6 is 0 Å². The number of hydrogen-bond acceptors (Lipinski definition) is 6. The van der Waals surface area contributed by atoms with Gasteiger partial charge < -0.3 is 25.7 Å². The van der Waals surface area contributed by atoms with E-state index in [0.29, 0.717) is 41.4 Å². The van der Waals surface area contributed by atoms with Crippen LogP contribution in [0, 0.1) is 11.8 Å². The minimum absolute atomic E-state index is 0.0371. The van der Waals surface area contributed by atoms with Crippen molar-refractivity contribution in [1.29, 1.82) is 0 Å². The molecule has 2 aromatic carbocycles. The first-order chi connectivity index (χ1) is 17.3. The number of rotatable bonds is 12. The van der Waals surface area contributed by atoms with Gasteiger partial charge in [-0.1, -0.05) is 38.3 Å². The minimum Gasteiger partial charge on any atom is -0.488 e. The predicted molar refractivity (Wildman–Crippen MR) is 138 cm³/mol. The summed E-state index contributed by atoms with van der Waals surface area (Å²) in [5, 5.41) is 0. The fourth-order valence-electron chi connectivity index (χ4n) is 4.37. The topological polar surface area (TPSA) is 96.8 Å². The molecule has 196 valence electrons. The molecule has 1 fully saturated rings. The number of nitrogen functional groups attached to an aromatic ring is 2. The molecule has 0 aromatic heterocycles. The van der Waals surface area contributed by atoms with Gasteiger partial charge in [0.25, 0.3) is 0 Å². The van der Waals surface area contributed by atoms with Gasteiger partial charge in [0.15, 0.2) is 0 Å². The van der Waals surface area contributed by atoms with Crippen LogP contribution in [0.2, 0.25) is 0 Å². The molecule has 2 aromatic rings. The van der Waals surface area contributed by atoms with Gasteiger partial charge >= 0.3 is 12.1 Å². The molecule has 0 heterocycles. The zero-order chi connectivity index (χ0) is 26.0. The molecule has 0 saturated heterocycles. The normalized spacial score (nSPS) is 18.2. The van der Waals surface area contributed by atoms with E-state index in [2.05, 4.69) is 6.92 Å². The highest BCUT2D eigenvalue weighted by Crippen LogP contribution is 2.41. The molecule has 1 aliphatic carbocycles. The lowest BCUT2D eigenvalue weighted by Gasteiger charge is -2.33. The van der Waals surface area contributed by atoms with Crippen molar-refractivity contribution in [3.8, 4) is 11.5 Å². The number of anilines is 2. The van der Waals surface area contributed by atoms with Crippen LogP contribution in [0.25, 0.3) is 6.08 Å². The zero-order valence-corrected chi connectivity index (χ0v) is 20.8. The maximum atomic E-state index is 14.7. The highest BCUT2D eigenvalue weighted by atomic mass is 19.3. The number of ether oxygens (including phenoxy) is 3. The molecule has 6 nitrogen and oxygen atoms in total. The minimum atomic E-state index is -3.20. The van der Waals surface area contributed by atoms with E-state index in [1.807, 2.05) is 0 Å². The third-order valence-corrected chi connectivity index (χ3v) is 6.45. The molecule has 1 saturated carbocycles. The Hall–Kier alpha value is -3.29. The second kappa shape index (κ2) is 13.1. The molecule has 0 aliphatic heterocycles. The molecule has 0 spiro atoms. The molecule has 0 radical (unpaired) electrons. The molecular weight excluding hydrogens is 466 g/mol. The Labute approximate surface area is 211 Å². The van der Waals surface area contributed by atoms with Gasteiger partial charge in [0.05, 0.1) is 11.6 Å². The number of esters is 1. The van der Waals surface area contributed by atoms with Crippen LogP contribution in [-0.2, 0) is 9.53 Å². The summed E-state index contributed by atoms with van der Waals surface area (Å²) in [6.07, 6.45) is 5.69. The van der Waals surface area contributed by atoms with Crippen molar-refractivity contribution in [2.75, 3.05) is 24.7 Å². The number of alkyl halides is 2. The number of carbonyl (C=O) groups is 1. The summed E-state index contributed by atoms with van der Waals surface area (Å²) in [4.78, 5) is 11.9. The number of nitrogens with two attached hydrogens (primary N) is 2. The van der Waals surface area contributed by atoms with Crippen LogP contribution in [0.4, 0.5) is 20.2 Å². The van der Waals surface area contributed by atoms with Crippen molar-refractivity contribution in [2.45, 2.75) is 58.0 Å². The Kier molecular flexibility index (Phi) is 9.96. The largest absolute Gasteiger partial charge is 0.488 e. The van der Waals surface area contributed by atoms with Crippen LogP contribution in [0.15, 0.2) is 48.5 Å². The van der Waals surface area contributed by atoms with Gasteiger partial charge in [-0.2, -0.15) is 8.78 Å². The second-order valence-corrected chi connectivity index (χ2v) is 9.24. The first-order valence-corrected chi connectivity index (χ1v) is 12.6. The Morgan fingerprint density at radius 1 is 1.06 bits per heavy atom. The first kappa shape index (κ1) is 27.3. The summed E-state index contributed by atoms with van der Waals surface area (Å²) >= 11 is 0. The van der Waals surface area contributed by atoms with Crippen molar-refractivity contribution in [1.82, 2.24) is 0 Å². The van der Waals surface area contributed by atoms with Crippen LogP contribution < -0.4 is 20.9 Å². The van der Waals surface area contributed by atoms with Gasteiger partial charge in [0.2, 0.25) is 0 Å². The lowest BCUT2D eigenvalue weighted by Crippen LogP contribution is -2.37. The van der Waals surface area contributed by atoms with E-state index < -0.39 is 18.0 Å². The summed E-state index contributed by atoms with van der Waals surface area (Å²) < 4.78 is 45.0. The highest BCUT2D eigenvalue weighted by molar-refractivity contribution is 5.87. The molecule has 0 atom stereocenters. The Bertz CT molecular complexity index is 1000. The fourth-order valence-corrected chi connectivity index (χ4v) is 4.37. The third kappa shape index (κ3) is 8.43. The predicted octanol–water partition coefficient (Wildman–Crippen LogP) is 6.45. The number of carbonyl (C=O) groups excluding carboxylic acids is 1. The standard InChI is InChI=1S/C28H36F2N2O4/c1-2-3-4-20-5-10-22(11-6-20)28(29,30)36-24-13-7-21(8-14-24)9-16-27(33)35-18-17-34-26-15-12-23(31)19-25(26)32/h7-9,12-16,19-20,22H,2-6,10-11,17-18,31-32H2,1H3/b16-9+. The molecule has 8 heteroatoms. The van der Waals surface area contributed by atoms with Crippen molar-refractivity contribution < 1.29 is 27.8 Å². The monoisotopic (exact) mass is 502 g/mol. The maximum Gasteiger partial charge on any atom is 0.400 e.